The fourth-order valence-electron chi connectivity index (χ4n) is 2.11. The molecule has 0 bridgehead atoms. The molecule has 1 aromatic rings. The van der Waals surface area contributed by atoms with Gasteiger partial charge in [-0.3, -0.25) is 0 Å². The molecular weight excluding hydrogens is 228 g/mol. The molecule has 1 aliphatic rings. The molecule has 1 fully saturated rings. The second kappa shape index (κ2) is 6.66. The highest BCUT2D eigenvalue weighted by molar-refractivity contribution is 5.31. The number of ether oxygens (including phenoxy) is 1. The normalized spacial score (nSPS) is 19.4. The molecule has 1 aromatic heterocycles. The summed E-state index contributed by atoms with van der Waals surface area (Å²) >= 11 is 0. The predicted octanol–water partition coefficient (Wildman–Crippen LogP) is 1.20. The van der Waals surface area contributed by atoms with Crippen molar-refractivity contribution in [2.45, 2.75) is 32.4 Å². The first-order valence-electron chi connectivity index (χ1n) is 6.63. The van der Waals surface area contributed by atoms with Gasteiger partial charge < -0.3 is 15.0 Å². The molecule has 1 saturated heterocycles. The van der Waals surface area contributed by atoms with Crippen molar-refractivity contribution in [3.05, 3.63) is 18.0 Å². The van der Waals surface area contributed by atoms with E-state index in [4.69, 9.17) is 4.74 Å². The molecule has 0 aromatic carbocycles. The van der Waals surface area contributed by atoms with E-state index in [2.05, 4.69) is 27.1 Å². The van der Waals surface area contributed by atoms with E-state index in [0.29, 0.717) is 6.10 Å². The number of anilines is 1. The van der Waals surface area contributed by atoms with Gasteiger partial charge in [0.1, 0.15) is 0 Å². The second-order valence-corrected chi connectivity index (χ2v) is 4.66. The molecule has 1 N–H and O–H groups in total. The molecule has 0 radical (unpaired) electrons. The first kappa shape index (κ1) is 13.2. The number of nitrogens with zero attached hydrogens (tertiary/aromatic N) is 3. The molecule has 2 heterocycles. The lowest BCUT2D eigenvalue weighted by molar-refractivity contribution is 0.121. The summed E-state index contributed by atoms with van der Waals surface area (Å²) in [6.07, 6.45) is 6.33. The summed E-state index contributed by atoms with van der Waals surface area (Å²) in [4.78, 5) is 11.0. The van der Waals surface area contributed by atoms with Crippen molar-refractivity contribution in [2.75, 3.05) is 31.6 Å². The number of rotatable bonds is 6. The summed E-state index contributed by atoms with van der Waals surface area (Å²) in [6.45, 7) is 5.90. The maximum absolute atomic E-state index is 5.34. The summed E-state index contributed by atoms with van der Waals surface area (Å²) in [5.74, 6) is 0.814. The number of aromatic nitrogens is 2. The third-order valence-corrected chi connectivity index (χ3v) is 3.21. The minimum atomic E-state index is 0.319. The standard InChI is InChI=1S/C13H22N4O/c1-3-5-14-7-11-8-15-13(16-9-11)17-6-4-12(10-17)18-2/h8-9,12,14H,3-7,10H2,1-2H3. The molecule has 0 aliphatic carbocycles. The van der Waals surface area contributed by atoms with E-state index in [1.54, 1.807) is 7.11 Å². The summed E-state index contributed by atoms with van der Waals surface area (Å²) in [6, 6.07) is 0. The predicted molar refractivity (Wildman–Crippen MR) is 71.7 cm³/mol. The quantitative estimate of drug-likeness (QED) is 0.769. The second-order valence-electron chi connectivity index (χ2n) is 4.66. The SMILES string of the molecule is CCCNCc1cnc(N2CCC(OC)C2)nc1. The Morgan fingerprint density at radius 2 is 2.22 bits per heavy atom. The highest BCUT2D eigenvalue weighted by atomic mass is 16.5. The Bertz CT molecular complexity index is 355. The van der Waals surface area contributed by atoms with Crippen LogP contribution in [0.2, 0.25) is 0 Å². The van der Waals surface area contributed by atoms with Crippen LogP contribution in [0, 0.1) is 0 Å². The van der Waals surface area contributed by atoms with Crippen LogP contribution in [0.25, 0.3) is 0 Å². The van der Waals surface area contributed by atoms with Gasteiger partial charge in [0.25, 0.3) is 0 Å². The Balaban J connectivity index is 1.87. The summed E-state index contributed by atoms with van der Waals surface area (Å²) in [5, 5.41) is 3.34. The number of hydrogen-bond acceptors (Lipinski definition) is 5. The molecule has 0 amide bonds. The number of nitrogens with one attached hydrogen (secondary N) is 1. The average molecular weight is 250 g/mol. The minimum Gasteiger partial charge on any atom is -0.380 e. The summed E-state index contributed by atoms with van der Waals surface area (Å²) in [7, 11) is 1.76. The van der Waals surface area contributed by atoms with Gasteiger partial charge in [0.15, 0.2) is 0 Å². The van der Waals surface area contributed by atoms with Gasteiger partial charge in [-0.05, 0) is 19.4 Å². The van der Waals surface area contributed by atoms with Gasteiger partial charge in [0.2, 0.25) is 5.95 Å². The Morgan fingerprint density at radius 3 is 2.83 bits per heavy atom. The van der Waals surface area contributed by atoms with E-state index < -0.39 is 0 Å². The Morgan fingerprint density at radius 1 is 1.44 bits per heavy atom. The molecule has 18 heavy (non-hydrogen) atoms. The topological polar surface area (TPSA) is 50.3 Å². The lowest BCUT2D eigenvalue weighted by Gasteiger charge is -2.15. The third kappa shape index (κ3) is 3.40. The highest BCUT2D eigenvalue weighted by Gasteiger charge is 2.23. The molecule has 1 aliphatic heterocycles. The zero-order valence-electron chi connectivity index (χ0n) is 11.2. The van der Waals surface area contributed by atoms with E-state index in [1.807, 2.05) is 12.4 Å². The fraction of sp³-hybridized carbons (Fsp3) is 0.692. The van der Waals surface area contributed by atoms with Gasteiger partial charge in [-0.2, -0.15) is 0 Å². The van der Waals surface area contributed by atoms with Gasteiger partial charge in [-0.25, -0.2) is 9.97 Å². The molecule has 100 valence electrons. The van der Waals surface area contributed by atoms with Crippen LogP contribution >= 0.6 is 0 Å². The monoisotopic (exact) mass is 250 g/mol. The van der Waals surface area contributed by atoms with E-state index in [1.165, 1.54) is 0 Å². The maximum atomic E-state index is 5.34. The number of methoxy groups -OCH3 is 1. The largest absolute Gasteiger partial charge is 0.380 e. The molecule has 5 nitrogen and oxygen atoms in total. The average Bonchev–Trinajstić information content (AvgIpc) is 2.89. The van der Waals surface area contributed by atoms with Crippen LogP contribution in [-0.4, -0.2) is 42.8 Å². The van der Waals surface area contributed by atoms with E-state index in [-0.39, 0.29) is 0 Å². The van der Waals surface area contributed by atoms with Crippen molar-refractivity contribution in [1.82, 2.24) is 15.3 Å². The first-order chi connectivity index (χ1) is 8.83. The molecule has 1 unspecified atom stereocenters. The molecule has 0 spiro atoms. The van der Waals surface area contributed by atoms with Crippen molar-refractivity contribution in [1.29, 1.82) is 0 Å². The van der Waals surface area contributed by atoms with Gasteiger partial charge in [0.05, 0.1) is 6.10 Å². The number of hydrogen-bond donors (Lipinski definition) is 1. The van der Waals surface area contributed by atoms with Gasteiger partial charge in [-0.1, -0.05) is 6.92 Å². The van der Waals surface area contributed by atoms with E-state index >= 15 is 0 Å². The van der Waals surface area contributed by atoms with Crippen LogP contribution in [0.15, 0.2) is 12.4 Å². The maximum Gasteiger partial charge on any atom is 0.225 e. The van der Waals surface area contributed by atoms with Gasteiger partial charge >= 0.3 is 0 Å². The van der Waals surface area contributed by atoms with Crippen molar-refractivity contribution in [3.8, 4) is 0 Å². The van der Waals surface area contributed by atoms with Crippen LogP contribution < -0.4 is 10.2 Å². The summed E-state index contributed by atoms with van der Waals surface area (Å²) in [5.41, 5.74) is 1.13. The van der Waals surface area contributed by atoms with Gasteiger partial charge in [-0.15, -0.1) is 0 Å². The van der Waals surface area contributed by atoms with Crippen molar-refractivity contribution in [3.63, 3.8) is 0 Å². The Kier molecular flexibility index (Phi) is 4.90. The zero-order valence-corrected chi connectivity index (χ0v) is 11.2. The van der Waals surface area contributed by atoms with Crippen LogP contribution in [0.4, 0.5) is 5.95 Å². The van der Waals surface area contributed by atoms with Crippen molar-refractivity contribution >= 4 is 5.95 Å². The third-order valence-electron chi connectivity index (χ3n) is 3.21. The fourth-order valence-corrected chi connectivity index (χ4v) is 2.11. The van der Waals surface area contributed by atoms with Crippen LogP contribution in [-0.2, 0) is 11.3 Å². The van der Waals surface area contributed by atoms with Crippen LogP contribution in [0.3, 0.4) is 0 Å². The summed E-state index contributed by atoms with van der Waals surface area (Å²) < 4.78 is 5.34. The Labute approximate surface area is 109 Å². The first-order valence-corrected chi connectivity index (χ1v) is 6.63. The lowest BCUT2D eigenvalue weighted by atomic mass is 10.3. The van der Waals surface area contributed by atoms with Crippen molar-refractivity contribution in [2.24, 2.45) is 0 Å². The molecule has 2 rings (SSSR count). The van der Waals surface area contributed by atoms with Gasteiger partial charge in [0, 0.05) is 44.7 Å². The minimum absolute atomic E-state index is 0.319. The lowest BCUT2D eigenvalue weighted by Crippen LogP contribution is -2.24. The van der Waals surface area contributed by atoms with E-state index in [9.17, 15) is 0 Å². The molecule has 1 atom stereocenters. The highest BCUT2D eigenvalue weighted by Crippen LogP contribution is 2.17. The van der Waals surface area contributed by atoms with E-state index in [0.717, 1.165) is 50.5 Å². The molecular formula is C13H22N4O. The molecule has 0 saturated carbocycles. The van der Waals surface area contributed by atoms with Crippen molar-refractivity contribution < 1.29 is 4.74 Å². The Hall–Kier alpha value is -1.20. The van der Waals surface area contributed by atoms with Crippen LogP contribution in [0.1, 0.15) is 25.3 Å². The smallest absolute Gasteiger partial charge is 0.225 e. The molecule has 5 heteroatoms. The van der Waals surface area contributed by atoms with Crippen LogP contribution in [0.5, 0.6) is 0 Å². The zero-order chi connectivity index (χ0) is 12.8.